The molecule has 7 nitrogen and oxygen atoms in total. The Morgan fingerprint density at radius 1 is 1.47 bits per heavy atom. The average Bonchev–Trinajstić information content (AvgIpc) is 2.65. The third-order valence-corrected chi connectivity index (χ3v) is 2.00. The van der Waals surface area contributed by atoms with Crippen LogP contribution in [0.3, 0.4) is 0 Å². The maximum Gasteiger partial charge on any atom is 0.291 e. The molecule has 2 heterocycles. The lowest BCUT2D eigenvalue weighted by Gasteiger charge is -2.25. The third kappa shape index (κ3) is 2.57. The predicted octanol–water partition coefficient (Wildman–Crippen LogP) is -0.719. The van der Waals surface area contributed by atoms with Crippen molar-refractivity contribution in [2.24, 2.45) is 0 Å². The molecule has 0 saturated carbocycles. The van der Waals surface area contributed by atoms with E-state index in [1.54, 1.807) is 4.90 Å². The number of rotatable bonds is 1. The number of ether oxygens (including phenoxy) is 1. The van der Waals surface area contributed by atoms with Gasteiger partial charge in [0.1, 0.15) is 0 Å². The van der Waals surface area contributed by atoms with Gasteiger partial charge in [0.15, 0.2) is 0 Å². The van der Waals surface area contributed by atoms with Crippen LogP contribution in [0.2, 0.25) is 0 Å². The van der Waals surface area contributed by atoms with E-state index in [-0.39, 0.29) is 30.1 Å². The van der Waals surface area contributed by atoms with Crippen molar-refractivity contribution < 1.29 is 9.53 Å². The molecule has 15 heavy (non-hydrogen) atoms. The van der Waals surface area contributed by atoms with E-state index in [4.69, 9.17) is 10.5 Å². The minimum atomic E-state index is -0.183. The molecule has 0 aliphatic carbocycles. The summed E-state index contributed by atoms with van der Waals surface area (Å²) in [5, 5.41) is 6.08. The summed E-state index contributed by atoms with van der Waals surface area (Å²) in [5.74, 6) is 0.0866. The standard InChI is InChI=1S/C7H11N5O2.ClH/c8-7-9-5(10-11-7)6(13)12-1-3-14-4-2-12;/h1-4H2,(H3,8,9,10,11);1H. The molecule has 0 aromatic carbocycles. The van der Waals surface area contributed by atoms with Crippen LogP contribution in [0.25, 0.3) is 0 Å². The van der Waals surface area contributed by atoms with Crippen molar-refractivity contribution in [1.29, 1.82) is 0 Å². The number of aromatic amines is 1. The van der Waals surface area contributed by atoms with Gasteiger partial charge in [0.2, 0.25) is 11.8 Å². The van der Waals surface area contributed by atoms with Crippen LogP contribution in [0.5, 0.6) is 0 Å². The molecule has 0 radical (unpaired) electrons. The fourth-order valence-corrected chi connectivity index (χ4v) is 1.29. The van der Waals surface area contributed by atoms with Gasteiger partial charge >= 0.3 is 0 Å². The number of carbonyl (C=O) groups excluding carboxylic acids is 1. The second-order valence-corrected chi connectivity index (χ2v) is 2.95. The Morgan fingerprint density at radius 3 is 2.67 bits per heavy atom. The number of amides is 1. The second-order valence-electron chi connectivity index (χ2n) is 2.95. The average molecular weight is 234 g/mol. The van der Waals surface area contributed by atoms with Crippen LogP contribution in [0.4, 0.5) is 5.95 Å². The number of aromatic nitrogens is 3. The van der Waals surface area contributed by atoms with E-state index in [1.165, 1.54) is 0 Å². The van der Waals surface area contributed by atoms with E-state index in [0.717, 1.165) is 0 Å². The molecule has 3 N–H and O–H groups in total. The number of hydrogen-bond donors (Lipinski definition) is 2. The van der Waals surface area contributed by atoms with Crippen molar-refractivity contribution in [3.63, 3.8) is 0 Å². The highest BCUT2D eigenvalue weighted by atomic mass is 35.5. The lowest BCUT2D eigenvalue weighted by atomic mass is 10.4. The van der Waals surface area contributed by atoms with Gasteiger partial charge in [-0.3, -0.25) is 9.89 Å². The van der Waals surface area contributed by atoms with Crippen LogP contribution in [0, 0.1) is 0 Å². The number of halogens is 1. The predicted molar refractivity (Wildman–Crippen MR) is 54.8 cm³/mol. The van der Waals surface area contributed by atoms with Crippen LogP contribution in [-0.2, 0) is 4.74 Å². The van der Waals surface area contributed by atoms with Gasteiger partial charge in [-0.25, -0.2) is 0 Å². The summed E-state index contributed by atoms with van der Waals surface area (Å²) in [6.07, 6.45) is 0. The van der Waals surface area contributed by atoms with Crippen molar-refractivity contribution in [3.05, 3.63) is 5.82 Å². The number of H-pyrrole nitrogens is 1. The molecule has 84 valence electrons. The number of morpholine rings is 1. The monoisotopic (exact) mass is 233 g/mol. The quantitative estimate of drug-likeness (QED) is 0.667. The zero-order valence-corrected chi connectivity index (χ0v) is 8.79. The second kappa shape index (κ2) is 4.94. The number of nitrogens with one attached hydrogen (secondary N) is 1. The van der Waals surface area contributed by atoms with Crippen molar-refractivity contribution >= 4 is 24.3 Å². The zero-order valence-electron chi connectivity index (χ0n) is 7.97. The maximum atomic E-state index is 11.7. The van der Waals surface area contributed by atoms with E-state index in [2.05, 4.69) is 15.2 Å². The maximum absolute atomic E-state index is 11.7. The Balaban J connectivity index is 0.00000112. The molecule has 1 amide bonds. The van der Waals surface area contributed by atoms with Gasteiger partial charge in [0, 0.05) is 13.1 Å². The first-order valence-corrected chi connectivity index (χ1v) is 4.32. The largest absolute Gasteiger partial charge is 0.378 e. The molecule has 1 aromatic heterocycles. The van der Waals surface area contributed by atoms with E-state index >= 15 is 0 Å². The Kier molecular flexibility index (Phi) is 3.87. The topological polar surface area (TPSA) is 97.1 Å². The first-order chi connectivity index (χ1) is 6.77. The number of nitrogen functional groups attached to an aromatic ring is 1. The lowest BCUT2D eigenvalue weighted by molar-refractivity contribution is 0.0295. The van der Waals surface area contributed by atoms with E-state index in [1.807, 2.05) is 0 Å². The van der Waals surface area contributed by atoms with Gasteiger partial charge in [-0.15, -0.1) is 17.5 Å². The third-order valence-electron chi connectivity index (χ3n) is 2.00. The molecule has 1 fully saturated rings. The van der Waals surface area contributed by atoms with Gasteiger partial charge < -0.3 is 15.4 Å². The van der Waals surface area contributed by atoms with E-state index in [0.29, 0.717) is 26.3 Å². The van der Waals surface area contributed by atoms with Crippen LogP contribution >= 0.6 is 12.4 Å². The first kappa shape index (κ1) is 11.7. The Labute approximate surface area is 92.4 Å². The number of carbonyl (C=O) groups is 1. The summed E-state index contributed by atoms with van der Waals surface area (Å²) in [7, 11) is 0. The minimum Gasteiger partial charge on any atom is -0.378 e. The molecular weight excluding hydrogens is 222 g/mol. The smallest absolute Gasteiger partial charge is 0.291 e. The van der Waals surface area contributed by atoms with Crippen LogP contribution in [0.15, 0.2) is 0 Å². The fourth-order valence-electron chi connectivity index (χ4n) is 1.29. The van der Waals surface area contributed by atoms with Crippen molar-refractivity contribution in [1.82, 2.24) is 20.1 Å². The summed E-state index contributed by atoms with van der Waals surface area (Å²) in [5.41, 5.74) is 5.30. The van der Waals surface area contributed by atoms with Gasteiger partial charge in [0.25, 0.3) is 5.91 Å². The molecule has 1 saturated heterocycles. The van der Waals surface area contributed by atoms with Crippen LogP contribution in [-0.4, -0.2) is 52.3 Å². The van der Waals surface area contributed by atoms with Crippen molar-refractivity contribution in [2.75, 3.05) is 32.0 Å². The molecule has 8 heteroatoms. The van der Waals surface area contributed by atoms with E-state index in [9.17, 15) is 4.79 Å². The molecule has 1 aromatic rings. The highest BCUT2D eigenvalue weighted by Crippen LogP contribution is 2.03. The number of nitrogens with zero attached hydrogens (tertiary/aromatic N) is 3. The Hall–Kier alpha value is -1.34. The Morgan fingerprint density at radius 2 is 2.13 bits per heavy atom. The summed E-state index contributed by atoms with van der Waals surface area (Å²) in [6, 6.07) is 0. The molecule has 0 bridgehead atoms. The highest BCUT2D eigenvalue weighted by Gasteiger charge is 2.21. The van der Waals surface area contributed by atoms with Crippen LogP contribution in [0.1, 0.15) is 10.6 Å². The normalized spacial score (nSPS) is 15.9. The minimum absolute atomic E-state index is 0. The Bertz CT molecular complexity index is 336. The molecule has 2 rings (SSSR count). The van der Waals surface area contributed by atoms with Gasteiger partial charge in [-0.2, -0.15) is 4.98 Å². The van der Waals surface area contributed by atoms with Gasteiger partial charge in [-0.05, 0) is 0 Å². The van der Waals surface area contributed by atoms with Gasteiger partial charge in [0.05, 0.1) is 13.2 Å². The number of anilines is 1. The summed E-state index contributed by atoms with van der Waals surface area (Å²) in [4.78, 5) is 17.1. The molecule has 1 aliphatic rings. The molecule has 1 aliphatic heterocycles. The van der Waals surface area contributed by atoms with Crippen LogP contribution < -0.4 is 5.73 Å². The first-order valence-electron chi connectivity index (χ1n) is 4.32. The lowest BCUT2D eigenvalue weighted by Crippen LogP contribution is -2.41. The van der Waals surface area contributed by atoms with E-state index < -0.39 is 0 Å². The van der Waals surface area contributed by atoms with Crippen molar-refractivity contribution in [2.45, 2.75) is 0 Å². The summed E-state index contributed by atoms with van der Waals surface area (Å²) >= 11 is 0. The molecule has 0 atom stereocenters. The number of hydrogen-bond acceptors (Lipinski definition) is 5. The molecular formula is C7H12ClN5O2. The molecule has 0 spiro atoms. The highest BCUT2D eigenvalue weighted by molar-refractivity contribution is 5.90. The SMILES string of the molecule is Cl.Nc1n[nH]c(C(=O)N2CCOCC2)n1. The molecule has 0 unspecified atom stereocenters. The van der Waals surface area contributed by atoms with Crippen molar-refractivity contribution in [3.8, 4) is 0 Å². The zero-order chi connectivity index (χ0) is 9.97. The summed E-state index contributed by atoms with van der Waals surface area (Å²) in [6.45, 7) is 2.30. The number of nitrogens with two attached hydrogens (primary N) is 1. The fraction of sp³-hybridized carbons (Fsp3) is 0.571. The van der Waals surface area contributed by atoms with Gasteiger partial charge in [-0.1, -0.05) is 0 Å². The summed E-state index contributed by atoms with van der Waals surface area (Å²) < 4.78 is 5.13.